The Kier molecular flexibility index (Phi) is 4.32. The second kappa shape index (κ2) is 5.53. The first-order chi connectivity index (χ1) is 7.95. The molecule has 1 aromatic carbocycles. The highest BCUT2D eigenvalue weighted by Crippen LogP contribution is 2.18. The van der Waals surface area contributed by atoms with Crippen molar-refractivity contribution in [2.75, 3.05) is 0 Å². The van der Waals surface area contributed by atoms with Crippen LogP contribution in [0.3, 0.4) is 0 Å². The predicted molar refractivity (Wildman–Crippen MR) is 68.1 cm³/mol. The Morgan fingerprint density at radius 2 is 1.82 bits per heavy atom. The lowest BCUT2D eigenvalue weighted by Crippen LogP contribution is -2.30. The average Bonchev–Trinajstić information content (AvgIpc) is 2.25. The van der Waals surface area contributed by atoms with E-state index in [2.05, 4.69) is 4.99 Å². The second-order valence-electron chi connectivity index (χ2n) is 4.92. The lowest BCUT2D eigenvalue weighted by atomic mass is 9.85. The SMILES string of the molecule is CC(C)(C)C(=NC=O)C(=O)Cc1ccccc1. The Balaban J connectivity index is 2.88. The normalized spacial score (nSPS) is 12.3. The number of benzene rings is 1. The number of nitrogens with zero attached hydrogens (tertiary/aromatic N) is 1. The lowest BCUT2D eigenvalue weighted by molar-refractivity contribution is -0.113. The lowest BCUT2D eigenvalue weighted by Gasteiger charge is -2.19. The minimum atomic E-state index is -0.410. The molecule has 0 saturated heterocycles. The van der Waals surface area contributed by atoms with Gasteiger partial charge in [0.15, 0.2) is 5.78 Å². The molecule has 0 aromatic heterocycles. The largest absolute Gasteiger partial charge is 0.292 e. The maximum absolute atomic E-state index is 12.1. The van der Waals surface area contributed by atoms with E-state index in [-0.39, 0.29) is 12.2 Å². The highest BCUT2D eigenvalue weighted by Gasteiger charge is 2.25. The average molecular weight is 231 g/mol. The number of rotatable bonds is 4. The zero-order valence-corrected chi connectivity index (χ0v) is 10.4. The number of Topliss-reactive ketones (excluding diaryl/α,β-unsaturated/α-hetero) is 1. The Hall–Kier alpha value is -1.77. The standard InChI is InChI=1S/C14H17NO2/c1-14(2,3)13(15-10-16)12(17)9-11-7-5-4-6-8-11/h4-8,10H,9H2,1-3H3. The summed E-state index contributed by atoms with van der Waals surface area (Å²) in [6.07, 6.45) is 0.717. The molecule has 0 fully saturated rings. The van der Waals surface area contributed by atoms with Gasteiger partial charge in [-0.1, -0.05) is 51.1 Å². The third-order valence-corrected chi connectivity index (χ3v) is 2.36. The molecule has 0 saturated carbocycles. The van der Waals surface area contributed by atoms with Gasteiger partial charge in [0.25, 0.3) is 0 Å². The minimum absolute atomic E-state index is 0.101. The number of hydrogen-bond donors (Lipinski definition) is 0. The van der Waals surface area contributed by atoms with Crippen LogP contribution in [0.1, 0.15) is 26.3 Å². The van der Waals surface area contributed by atoms with Crippen LogP contribution >= 0.6 is 0 Å². The van der Waals surface area contributed by atoms with E-state index in [1.54, 1.807) is 0 Å². The van der Waals surface area contributed by atoms with Crippen LogP contribution in [0.5, 0.6) is 0 Å². The van der Waals surface area contributed by atoms with Crippen LogP contribution in [0, 0.1) is 5.41 Å². The van der Waals surface area contributed by atoms with Crippen LogP contribution in [-0.4, -0.2) is 17.9 Å². The summed E-state index contributed by atoms with van der Waals surface area (Å²) in [5.74, 6) is -0.101. The van der Waals surface area contributed by atoms with E-state index in [9.17, 15) is 9.59 Å². The minimum Gasteiger partial charge on any atom is -0.292 e. The van der Waals surface area contributed by atoms with E-state index in [0.717, 1.165) is 5.56 Å². The predicted octanol–water partition coefficient (Wildman–Crippen LogP) is 2.44. The van der Waals surface area contributed by atoms with Crippen molar-refractivity contribution in [3.05, 3.63) is 35.9 Å². The molecule has 0 spiro atoms. The van der Waals surface area contributed by atoms with Crippen LogP contribution in [0.25, 0.3) is 0 Å². The molecule has 0 atom stereocenters. The van der Waals surface area contributed by atoms with E-state index >= 15 is 0 Å². The smallest absolute Gasteiger partial charge is 0.233 e. The molecular weight excluding hydrogens is 214 g/mol. The van der Waals surface area contributed by atoms with E-state index < -0.39 is 5.41 Å². The monoisotopic (exact) mass is 231 g/mol. The van der Waals surface area contributed by atoms with Crippen LogP contribution in [-0.2, 0) is 16.0 Å². The fourth-order valence-electron chi connectivity index (χ4n) is 1.60. The van der Waals surface area contributed by atoms with Crippen molar-refractivity contribution in [1.29, 1.82) is 0 Å². The molecule has 1 amide bonds. The number of ketones is 1. The summed E-state index contributed by atoms with van der Waals surface area (Å²) in [6, 6.07) is 9.45. The molecular formula is C14H17NO2. The van der Waals surface area contributed by atoms with Crippen molar-refractivity contribution in [2.24, 2.45) is 10.4 Å². The summed E-state index contributed by atoms with van der Waals surface area (Å²) in [5, 5.41) is 0. The van der Waals surface area contributed by atoms with Gasteiger partial charge in [-0.2, -0.15) is 0 Å². The van der Waals surface area contributed by atoms with E-state index in [4.69, 9.17) is 0 Å². The van der Waals surface area contributed by atoms with Gasteiger partial charge < -0.3 is 0 Å². The van der Waals surface area contributed by atoms with Gasteiger partial charge in [-0.15, -0.1) is 0 Å². The maximum atomic E-state index is 12.1. The molecule has 0 unspecified atom stereocenters. The molecule has 0 heterocycles. The highest BCUT2D eigenvalue weighted by molar-refractivity contribution is 6.42. The molecule has 0 bridgehead atoms. The van der Waals surface area contributed by atoms with Gasteiger partial charge in [0.1, 0.15) is 0 Å². The summed E-state index contributed by atoms with van der Waals surface area (Å²) in [7, 11) is 0. The Bertz CT molecular complexity index is 427. The van der Waals surface area contributed by atoms with Crippen LogP contribution in [0.2, 0.25) is 0 Å². The second-order valence-corrected chi connectivity index (χ2v) is 4.92. The van der Waals surface area contributed by atoms with Gasteiger partial charge in [-0.05, 0) is 5.56 Å². The highest BCUT2D eigenvalue weighted by atomic mass is 16.1. The summed E-state index contributed by atoms with van der Waals surface area (Å²) < 4.78 is 0. The van der Waals surface area contributed by atoms with Gasteiger partial charge >= 0.3 is 0 Å². The van der Waals surface area contributed by atoms with Crippen LogP contribution in [0.4, 0.5) is 0 Å². The molecule has 0 radical (unpaired) electrons. The fraction of sp³-hybridized carbons (Fsp3) is 0.357. The van der Waals surface area contributed by atoms with Crippen molar-refractivity contribution >= 4 is 17.9 Å². The zero-order valence-electron chi connectivity index (χ0n) is 10.4. The van der Waals surface area contributed by atoms with Crippen molar-refractivity contribution in [3.8, 4) is 0 Å². The molecule has 3 heteroatoms. The zero-order chi connectivity index (χ0) is 12.9. The van der Waals surface area contributed by atoms with Crippen LogP contribution in [0.15, 0.2) is 35.3 Å². The summed E-state index contributed by atoms with van der Waals surface area (Å²) in [4.78, 5) is 26.2. The Morgan fingerprint density at radius 3 is 2.29 bits per heavy atom. The quantitative estimate of drug-likeness (QED) is 0.590. The summed E-state index contributed by atoms with van der Waals surface area (Å²) in [5.41, 5.74) is 0.851. The van der Waals surface area contributed by atoms with Crippen molar-refractivity contribution < 1.29 is 9.59 Å². The number of carbonyl (C=O) groups is 2. The van der Waals surface area contributed by atoms with Gasteiger partial charge in [0.05, 0.1) is 5.71 Å². The number of aliphatic imine (C=N–C) groups is 1. The van der Waals surface area contributed by atoms with Crippen molar-refractivity contribution in [3.63, 3.8) is 0 Å². The molecule has 0 aliphatic heterocycles. The van der Waals surface area contributed by atoms with Crippen molar-refractivity contribution in [1.82, 2.24) is 0 Å². The number of hydrogen-bond acceptors (Lipinski definition) is 2. The first kappa shape index (κ1) is 13.3. The molecule has 3 nitrogen and oxygen atoms in total. The van der Waals surface area contributed by atoms with E-state index in [1.807, 2.05) is 51.1 Å². The van der Waals surface area contributed by atoms with E-state index in [0.29, 0.717) is 12.1 Å². The molecule has 1 aromatic rings. The maximum Gasteiger partial charge on any atom is 0.233 e. The van der Waals surface area contributed by atoms with Gasteiger partial charge in [-0.3, -0.25) is 9.59 Å². The molecule has 17 heavy (non-hydrogen) atoms. The van der Waals surface area contributed by atoms with Gasteiger partial charge in [0, 0.05) is 11.8 Å². The molecule has 1 rings (SSSR count). The summed E-state index contributed by atoms with van der Waals surface area (Å²) in [6.45, 7) is 5.62. The van der Waals surface area contributed by atoms with Crippen LogP contribution < -0.4 is 0 Å². The van der Waals surface area contributed by atoms with Gasteiger partial charge in [-0.25, -0.2) is 4.99 Å². The Labute approximate surface area is 102 Å². The van der Waals surface area contributed by atoms with Gasteiger partial charge in [0.2, 0.25) is 6.41 Å². The first-order valence-corrected chi connectivity index (χ1v) is 5.54. The molecule has 0 aliphatic rings. The fourth-order valence-corrected chi connectivity index (χ4v) is 1.60. The number of carbonyl (C=O) groups excluding carboxylic acids is 2. The third-order valence-electron chi connectivity index (χ3n) is 2.36. The van der Waals surface area contributed by atoms with E-state index in [1.165, 1.54) is 0 Å². The Morgan fingerprint density at radius 1 is 1.24 bits per heavy atom. The number of amides is 1. The molecule has 90 valence electrons. The summed E-state index contributed by atoms with van der Waals surface area (Å²) >= 11 is 0. The third kappa shape index (κ3) is 3.94. The first-order valence-electron chi connectivity index (χ1n) is 5.54. The van der Waals surface area contributed by atoms with Crippen molar-refractivity contribution in [2.45, 2.75) is 27.2 Å². The topological polar surface area (TPSA) is 46.5 Å². The molecule has 0 N–H and O–H groups in total. The molecule has 0 aliphatic carbocycles.